The van der Waals surface area contributed by atoms with E-state index in [0.29, 0.717) is 37.1 Å². The highest BCUT2D eigenvalue weighted by atomic mass is 16.5. The molecule has 6 nitrogen and oxygen atoms in total. The highest BCUT2D eigenvalue weighted by molar-refractivity contribution is 6.01. The maximum Gasteiger partial charge on any atom is 0.313 e. The highest BCUT2D eigenvalue weighted by Crippen LogP contribution is 2.46. The van der Waals surface area contributed by atoms with Crippen LogP contribution >= 0.6 is 0 Å². The number of carboxylic acid groups (broad SMARTS) is 1. The van der Waals surface area contributed by atoms with Gasteiger partial charge in [0.25, 0.3) is 5.91 Å². The molecule has 1 spiro atoms. The van der Waals surface area contributed by atoms with Gasteiger partial charge in [0.15, 0.2) is 0 Å². The Labute approximate surface area is 142 Å². The summed E-state index contributed by atoms with van der Waals surface area (Å²) in [4.78, 5) is 29.3. The summed E-state index contributed by atoms with van der Waals surface area (Å²) in [7, 11) is 3.62. The summed E-state index contributed by atoms with van der Waals surface area (Å²) >= 11 is 0. The fraction of sp³-hybridized carbons (Fsp3) is 0.556. The molecule has 0 aliphatic carbocycles. The van der Waals surface area contributed by atoms with Crippen LogP contribution in [0.15, 0.2) is 24.3 Å². The van der Waals surface area contributed by atoms with Crippen molar-refractivity contribution in [1.29, 1.82) is 0 Å². The Morgan fingerprint density at radius 3 is 2.62 bits per heavy atom. The van der Waals surface area contributed by atoms with Crippen LogP contribution in [0, 0.1) is 0 Å². The van der Waals surface area contributed by atoms with E-state index < -0.39 is 17.4 Å². The zero-order chi connectivity index (χ0) is 17.3. The third-order valence-corrected chi connectivity index (χ3v) is 5.44. The molecule has 2 aliphatic heterocycles. The van der Waals surface area contributed by atoms with E-state index in [9.17, 15) is 14.7 Å². The first-order chi connectivity index (χ1) is 11.5. The Kier molecular flexibility index (Phi) is 4.60. The number of amides is 1. The fourth-order valence-corrected chi connectivity index (χ4v) is 4.17. The normalized spacial score (nSPS) is 23.3. The molecule has 0 aromatic heterocycles. The number of methoxy groups -OCH3 is 1. The SMILES string of the molecule is COCCN1C(=O)c2ccccc2C(C(=O)O)C12CCN(C)CC2. The fourth-order valence-electron chi connectivity index (χ4n) is 4.17. The number of carbonyl (C=O) groups excluding carboxylic acids is 1. The summed E-state index contributed by atoms with van der Waals surface area (Å²) in [5, 5.41) is 10.0. The van der Waals surface area contributed by atoms with Gasteiger partial charge in [0.05, 0.1) is 12.1 Å². The molecule has 0 radical (unpaired) electrons. The molecule has 1 atom stereocenters. The summed E-state index contributed by atoms with van der Waals surface area (Å²) in [6.45, 7) is 2.38. The number of fused-ring (bicyclic) bond motifs is 1. The topological polar surface area (TPSA) is 70.1 Å². The lowest BCUT2D eigenvalue weighted by Gasteiger charge is -2.54. The number of carbonyl (C=O) groups is 2. The van der Waals surface area contributed by atoms with Gasteiger partial charge in [-0.1, -0.05) is 18.2 Å². The van der Waals surface area contributed by atoms with E-state index in [1.165, 1.54) is 0 Å². The molecule has 1 aromatic carbocycles. The van der Waals surface area contributed by atoms with Gasteiger partial charge in [-0.05, 0) is 31.5 Å². The number of nitrogens with zero attached hydrogens (tertiary/aromatic N) is 2. The van der Waals surface area contributed by atoms with Crippen molar-refractivity contribution in [3.8, 4) is 0 Å². The van der Waals surface area contributed by atoms with Crippen LogP contribution < -0.4 is 0 Å². The first-order valence-electron chi connectivity index (χ1n) is 8.32. The number of likely N-dealkylation sites (tertiary alicyclic amines) is 1. The predicted octanol–water partition coefficient (Wildman–Crippen LogP) is 1.42. The second-order valence-electron chi connectivity index (χ2n) is 6.71. The Morgan fingerprint density at radius 1 is 1.33 bits per heavy atom. The van der Waals surface area contributed by atoms with Crippen LogP contribution in [-0.4, -0.2) is 72.7 Å². The second kappa shape index (κ2) is 6.53. The number of hydrogen-bond donors (Lipinski definition) is 1. The summed E-state index contributed by atoms with van der Waals surface area (Å²) in [6, 6.07) is 7.13. The maximum absolute atomic E-state index is 13.1. The zero-order valence-corrected chi connectivity index (χ0v) is 14.2. The lowest BCUT2D eigenvalue weighted by molar-refractivity contribution is -0.144. The molecule has 1 fully saturated rings. The standard InChI is InChI=1S/C18H24N2O4/c1-19-9-7-18(8-10-19)15(17(22)23)13-5-3-4-6-14(13)16(21)20(18)11-12-24-2/h3-6,15H,7-12H2,1-2H3,(H,22,23). The summed E-state index contributed by atoms with van der Waals surface area (Å²) in [6.07, 6.45) is 1.31. The van der Waals surface area contributed by atoms with Crippen LogP contribution in [0.4, 0.5) is 0 Å². The Balaban J connectivity index is 2.13. The Bertz CT molecular complexity index is 638. The van der Waals surface area contributed by atoms with Crippen LogP contribution in [-0.2, 0) is 9.53 Å². The number of aliphatic carboxylic acids is 1. The smallest absolute Gasteiger partial charge is 0.313 e. The second-order valence-corrected chi connectivity index (χ2v) is 6.71. The van der Waals surface area contributed by atoms with E-state index in [0.717, 1.165) is 13.1 Å². The van der Waals surface area contributed by atoms with Gasteiger partial charge >= 0.3 is 5.97 Å². The molecule has 0 saturated carbocycles. The number of benzene rings is 1. The summed E-state index contributed by atoms with van der Waals surface area (Å²) in [5.41, 5.74) is 0.473. The molecule has 0 bridgehead atoms. The summed E-state index contributed by atoms with van der Waals surface area (Å²) < 4.78 is 5.18. The molecule has 1 unspecified atom stereocenters. The molecular weight excluding hydrogens is 308 g/mol. The average molecular weight is 332 g/mol. The zero-order valence-electron chi connectivity index (χ0n) is 14.2. The Morgan fingerprint density at radius 2 is 2.00 bits per heavy atom. The van der Waals surface area contributed by atoms with Crippen molar-refractivity contribution in [2.45, 2.75) is 24.3 Å². The van der Waals surface area contributed by atoms with Gasteiger partial charge in [-0.3, -0.25) is 9.59 Å². The number of piperidine rings is 1. The monoisotopic (exact) mass is 332 g/mol. The molecule has 6 heteroatoms. The van der Waals surface area contributed by atoms with E-state index in [2.05, 4.69) is 4.90 Å². The van der Waals surface area contributed by atoms with Gasteiger partial charge in [0.1, 0.15) is 5.92 Å². The first kappa shape index (κ1) is 16.9. The average Bonchev–Trinajstić information content (AvgIpc) is 2.57. The van der Waals surface area contributed by atoms with E-state index in [-0.39, 0.29) is 5.91 Å². The third kappa shape index (κ3) is 2.59. The van der Waals surface area contributed by atoms with Crippen LogP contribution in [0.5, 0.6) is 0 Å². The molecule has 2 heterocycles. The minimum absolute atomic E-state index is 0.0790. The van der Waals surface area contributed by atoms with Crippen LogP contribution in [0.25, 0.3) is 0 Å². The molecule has 1 aromatic rings. The van der Waals surface area contributed by atoms with Gasteiger partial charge in [-0.25, -0.2) is 0 Å². The molecule has 3 rings (SSSR count). The van der Waals surface area contributed by atoms with Crippen molar-refractivity contribution in [1.82, 2.24) is 9.80 Å². The van der Waals surface area contributed by atoms with Crippen LogP contribution in [0.3, 0.4) is 0 Å². The molecule has 1 amide bonds. The van der Waals surface area contributed by atoms with Crippen molar-refractivity contribution in [2.24, 2.45) is 0 Å². The molecule has 1 saturated heterocycles. The molecule has 2 aliphatic rings. The summed E-state index contributed by atoms with van der Waals surface area (Å²) in [5.74, 6) is -1.64. The van der Waals surface area contributed by atoms with Gasteiger partial charge in [0, 0.05) is 32.3 Å². The van der Waals surface area contributed by atoms with Crippen molar-refractivity contribution in [3.05, 3.63) is 35.4 Å². The Hall–Kier alpha value is -1.92. The minimum Gasteiger partial charge on any atom is -0.481 e. The van der Waals surface area contributed by atoms with Gasteiger partial charge in [-0.15, -0.1) is 0 Å². The van der Waals surface area contributed by atoms with Crippen molar-refractivity contribution in [2.75, 3.05) is 40.4 Å². The predicted molar refractivity (Wildman–Crippen MR) is 89.2 cm³/mol. The number of rotatable bonds is 4. The van der Waals surface area contributed by atoms with Gasteiger partial charge < -0.3 is 19.6 Å². The largest absolute Gasteiger partial charge is 0.481 e. The lowest BCUT2D eigenvalue weighted by Crippen LogP contribution is -2.64. The molecule has 24 heavy (non-hydrogen) atoms. The quantitative estimate of drug-likeness (QED) is 0.903. The van der Waals surface area contributed by atoms with Crippen LogP contribution in [0.2, 0.25) is 0 Å². The van der Waals surface area contributed by atoms with Crippen molar-refractivity contribution in [3.63, 3.8) is 0 Å². The number of carboxylic acids is 1. The lowest BCUT2D eigenvalue weighted by atomic mass is 9.68. The van der Waals surface area contributed by atoms with Crippen molar-refractivity contribution < 1.29 is 19.4 Å². The van der Waals surface area contributed by atoms with E-state index in [4.69, 9.17) is 4.74 Å². The van der Waals surface area contributed by atoms with Crippen LogP contribution in [0.1, 0.15) is 34.7 Å². The highest BCUT2D eigenvalue weighted by Gasteiger charge is 2.55. The molecular formula is C18H24N2O4. The number of hydrogen-bond acceptors (Lipinski definition) is 4. The van der Waals surface area contributed by atoms with E-state index >= 15 is 0 Å². The van der Waals surface area contributed by atoms with Gasteiger partial charge in [-0.2, -0.15) is 0 Å². The minimum atomic E-state index is -0.859. The van der Waals surface area contributed by atoms with E-state index in [1.807, 2.05) is 13.1 Å². The molecule has 1 N–H and O–H groups in total. The van der Waals surface area contributed by atoms with Crippen molar-refractivity contribution >= 4 is 11.9 Å². The maximum atomic E-state index is 13.1. The third-order valence-electron chi connectivity index (χ3n) is 5.44. The van der Waals surface area contributed by atoms with Gasteiger partial charge in [0.2, 0.25) is 0 Å². The van der Waals surface area contributed by atoms with E-state index in [1.54, 1.807) is 30.2 Å². The number of ether oxygens (including phenoxy) is 1. The molecule has 130 valence electrons. The first-order valence-corrected chi connectivity index (χ1v) is 8.32.